The maximum absolute atomic E-state index is 5.64. The SMILES string of the molecule is CCc1coc2ccc(-c3cc(N[C@@H](C)c4cccc(OC)c4)nc(C)n3)cc12. The van der Waals surface area contributed by atoms with Crippen molar-refractivity contribution in [3.8, 4) is 17.0 Å². The van der Waals surface area contributed by atoms with Crippen molar-refractivity contribution < 1.29 is 9.15 Å². The number of nitrogens with one attached hydrogen (secondary N) is 1. The Morgan fingerprint density at radius 1 is 1.10 bits per heavy atom. The van der Waals surface area contributed by atoms with E-state index in [2.05, 4.69) is 41.3 Å². The van der Waals surface area contributed by atoms with Crippen LogP contribution in [0.1, 0.15) is 36.8 Å². The minimum atomic E-state index is 0.0790. The standard InChI is InChI=1S/C24H25N3O2/c1-5-17-14-29-23-10-9-19(12-21(17)23)22-13-24(27-16(3)26-22)25-15(2)18-7-6-8-20(11-18)28-4/h6-15H,5H2,1-4H3,(H,25,26,27)/t15-/m0/s1. The van der Waals surface area contributed by atoms with Gasteiger partial charge in [-0.05, 0) is 61.7 Å². The van der Waals surface area contributed by atoms with E-state index < -0.39 is 0 Å². The van der Waals surface area contributed by atoms with Crippen LogP contribution in [0, 0.1) is 6.92 Å². The molecule has 2 aromatic carbocycles. The summed E-state index contributed by atoms with van der Waals surface area (Å²) in [5.74, 6) is 2.37. The number of hydrogen-bond acceptors (Lipinski definition) is 5. The van der Waals surface area contributed by atoms with Crippen LogP contribution in [0.4, 0.5) is 5.82 Å². The molecule has 2 heterocycles. The number of nitrogens with zero attached hydrogens (tertiary/aromatic N) is 2. The summed E-state index contributed by atoms with van der Waals surface area (Å²) in [4.78, 5) is 9.24. The Kier molecular flexibility index (Phi) is 5.21. The number of hydrogen-bond donors (Lipinski definition) is 1. The molecule has 0 unspecified atom stereocenters. The van der Waals surface area contributed by atoms with Crippen molar-refractivity contribution in [2.24, 2.45) is 0 Å². The van der Waals surface area contributed by atoms with Crippen LogP contribution in [0.5, 0.6) is 5.75 Å². The molecule has 1 atom stereocenters. The van der Waals surface area contributed by atoms with Gasteiger partial charge in [0.15, 0.2) is 0 Å². The van der Waals surface area contributed by atoms with Gasteiger partial charge >= 0.3 is 0 Å². The molecule has 0 aliphatic heterocycles. The van der Waals surface area contributed by atoms with Gasteiger partial charge in [0.2, 0.25) is 0 Å². The minimum Gasteiger partial charge on any atom is -0.497 e. The van der Waals surface area contributed by atoms with Crippen LogP contribution >= 0.6 is 0 Å². The Labute approximate surface area is 170 Å². The Balaban J connectivity index is 1.65. The number of aromatic nitrogens is 2. The maximum atomic E-state index is 5.64. The van der Waals surface area contributed by atoms with Gasteiger partial charge in [0.1, 0.15) is 23.0 Å². The fourth-order valence-electron chi connectivity index (χ4n) is 3.52. The van der Waals surface area contributed by atoms with E-state index >= 15 is 0 Å². The van der Waals surface area contributed by atoms with Crippen LogP contribution in [0.25, 0.3) is 22.2 Å². The number of benzene rings is 2. The molecule has 0 aliphatic carbocycles. The Bertz CT molecular complexity index is 1150. The lowest BCUT2D eigenvalue weighted by Gasteiger charge is -2.17. The molecule has 0 aliphatic rings. The summed E-state index contributed by atoms with van der Waals surface area (Å²) in [7, 11) is 1.68. The molecule has 148 valence electrons. The van der Waals surface area contributed by atoms with E-state index in [1.807, 2.05) is 49.6 Å². The molecule has 2 aromatic heterocycles. The first-order valence-electron chi connectivity index (χ1n) is 9.84. The maximum Gasteiger partial charge on any atom is 0.134 e. The van der Waals surface area contributed by atoms with Gasteiger partial charge in [-0.2, -0.15) is 0 Å². The third-order valence-electron chi connectivity index (χ3n) is 5.13. The highest BCUT2D eigenvalue weighted by molar-refractivity contribution is 5.86. The van der Waals surface area contributed by atoms with Gasteiger partial charge in [-0.25, -0.2) is 9.97 Å². The summed E-state index contributed by atoms with van der Waals surface area (Å²) in [6, 6.07) is 16.3. The first-order chi connectivity index (χ1) is 14.1. The number of aryl methyl sites for hydroxylation is 2. The number of furan rings is 1. The normalized spacial score (nSPS) is 12.1. The topological polar surface area (TPSA) is 60.2 Å². The largest absolute Gasteiger partial charge is 0.497 e. The van der Waals surface area contributed by atoms with Crippen LogP contribution in [0.2, 0.25) is 0 Å². The lowest BCUT2D eigenvalue weighted by Crippen LogP contribution is -2.09. The minimum absolute atomic E-state index is 0.0790. The van der Waals surface area contributed by atoms with Gasteiger partial charge < -0.3 is 14.5 Å². The van der Waals surface area contributed by atoms with E-state index in [9.17, 15) is 0 Å². The molecule has 0 saturated carbocycles. The molecule has 4 rings (SSSR count). The molecule has 0 fully saturated rings. The first kappa shape index (κ1) is 19.0. The van der Waals surface area contributed by atoms with Crippen LogP contribution < -0.4 is 10.1 Å². The van der Waals surface area contributed by atoms with Gasteiger partial charge in [-0.15, -0.1) is 0 Å². The predicted molar refractivity (Wildman–Crippen MR) is 116 cm³/mol. The third-order valence-corrected chi connectivity index (χ3v) is 5.13. The van der Waals surface area contributed by atoms with Crippen molar-refractivity contribution in [3.63, 3.8) is 0 Å². The summed E-state index contributed by atoms with van der Waals surface area (Å²) in [5, 5.41) is 4.63. The van der Waals surface area contributed by atoms with Crippen molar-refractivity contribution in [1.82, 2.24) is 9.97 Å². The molecular weight excluding hydrogens is 362 g/mol. The zero-order chi connectivity index (χ0) is 20.4. The monoisotopic (exact) mass is 387 g/mol. The highest BCUT2D eigenvalue weighted by atomic mass is 16.5. The van der Waals surface area contributed by atoms with Gasteiger partial charge in [-0.1, -0.05) is 19.1 Å². The van der Waals surface area contributed by atoms with Crippen LogP contribution in [-0.4, -0.2) is 17.1 Å². The highest BCUT2D eigenvalue weighted by Crippen LogP contribution is 2.29. The second-order valence-corrected chi connectivity index (χ2v) is 7.15. The van der Waals surface area contributed by atoms with Crippen molar-refractivity contribution in [3.05, 3.63) is 71.7 Å². The molecule has 0 radical (unpaired) electrons. The van der Waals surface area contributed by atoms with Crippen molar-refractivity contribution in [1.29, 1.82) is 0 Å². The van der Waals surface area contributed by atoms with Crippen molar-refractivity contribution in [2.75, 3.05) is 12.4 Å². The number of fused-ring (bicyclic) bond motifs is 1. The molecule has 0 saturated heterocycles. The Morgan fingerprint density at radius 3 is 2.76 bits per heavy atom. The number of methoxy groups -OCH3 is 1. The second kappa shape index (κ2) is 7.95. The highest BCUT2D eigenvalue weighted by Gasteiger charge is 2.12. The quantitative estimate of drug-likeness (QED) is 0.443. The van der Waals surface area contributed by atoms with E-state index in [-0.39, 0.29) is 6.04 Å². The fraction of sp³-hybridized carbons (Fsp3) is 0.250. The molecule has 0 amide bonds. The zero-order valence-corrected chi connectivity index (χ0v) is 17.2. The number of ether oxygens (including phenoxy) is 1. The molecule has 1 N–H and O–H groups in total. The molecule has 4 aromatic rings. The summed E-state index contributed by atoms with van der Waals surface area (Å²) in [6.07, 6.45) is 2.77. The zero-order valence-electron chi connectivity index (χ0n) is 17.2. The smallest absolute Gasteiger partial charge is 0.134 e. The van der Waals surface area contributed by atoms with Crippen LogP contribution in [-0.2, 0) is 6.42 Å². The van der Waals surface area contributed by atoms with E-state index in [1.54, 1.807) is 7.11 Å². The Morgan fingerprint density at radius 2 is 1.97 bits per heavy atom. The van der Waals surface area contributed by atoms with E-state index in [1.165, 1.54) is 5.56 Å². The van der Waals surface area contributed by atoms with Gasteiger partial charge in [0.25, 0.3) is 0 Å². The molecule has 29 heavy (non-hydrogen) atoms. The summed E-state index contributed by atoms with van der Waals surface area (Å²) < 4.78 is 11.0. The van der Waals surface area contributed by atoms with Gasteiger partial charge in [0, 0.05) is 17.0 Å². The predicted octanol–water partition coefficient (Wildman–Crippen LogP) is 5.94. The van der Waals surface area contributed by atoms with Crippen LogP contribution in [0.3, 0.4) is 0 Å². The van der Waals surface area contributed by atoms with Gasteiger partial charge in [0.05, 0.1) is 25.1 Å². The van der Waals surface area contributed by atoms with Crippen molar-refractivity contribution >= 4 is 16.8 Å². The van der Waals surface area contributed by atoms with Gasteiger partial charge in [-0.3, -0.25) is 0 Å². The molecule has 0 spiro atoms. The first-order valence-corrected chi connectivity index (χ1v) is 9.84. The molecule has 0 bridgehead atoms. The number of anilines is 1. The average molecular weight is 387 g/mol. The van der Waals surface area contributed by atoms with E-state index in [0.717, 1.165) is 51.6 Å². The van der Waals surface area contributed by atoms with E-state index in [0.29, 0.717) is 0 Å². The van der Waals surface area contributed by atoms with Crippen molar-refractivity contribution in [2.45, 2.75) is 33.2 Å². The summed E-state index contributed by atoms with van der Waals surface area (Å²) >= 11 is 0. The lowest BCUT2D eigenvalue weighted by molar-refractivity contribution is 0.414. The fourth-order valence-corrected chi connectivity index (χ4v) is 3.52. The average Bonchev–Trinajstić information content (AvgIpc) is 3.15. The Hall–Kier alpha value is -3.34. The third kappa shape index (κ3) is 3.94. The van der Waals surface area contributed by atoms with Crippen LogP contribution in [0.15, 0.2) is 59.2 Å². The van der Waals surface area contributed by atoms with E-state index in [4.69, 9.17) is 9.15 Å². The summed E-state index contributed by atoms with van der Waals surface area (Å²) in [6.45, 7) is 6.16. The lowest BCUT2D eigenvalue weighted by atomic mass is 10.1. The molecule has 5 nitrogen and oxygen atoms in total. The molecule has 5 heteroatoms. The summed E-state index contributed by atoms with van der Waals surface area (Å²) in [5.41, 5.74) is 5.19. The second-order valence-electron chi connectivity index (χ2n) is 7.15. The number of rotatable bonds is 6. The molecular formula is C24H25N3O2.